The molecule has 0 atom stereocenters. The lowest BCUT2D eigenvalue weighted by Gasteiger charge is -2.30. The zero-order valence-corrected chi connectivity index (χ0v) is 17.6. The van der Waals surface area contributed by atoms with Crippen LogP contribution in [0.25, 0.3) is 0 Å². The van der Waals surface area contributed by atoms with Crippen LogP contribution < -0.4 is 10.6 Å². The van der Waals surface area contributed by atoms with E-state index in [1.54, 1.807) is 12.1 Å². The van der Waals surface area contributed by atoms with Gasteiger partial charge in [0.2, 0.25) is 5.91 Å². The molecule has 1 spiro atoms. The minimum Gasteiger partial charge on any atom is -0.354 e. The number of benzene rings is 1. The number of hydrogen-bond donors (Lipinski definition) is 2. The molecule has 1 saturated heterocycles. The molecule has 0 bridgehead atoms. The average molecular weight is 426 g/mol. The Balaban J connectivity index is 1.60. The van der Waals surface area contributed by atoms with Crippen molar-refractivity contribution in [2.24, 2.45) is 0 Å². The lowest BCUT2D eigenvalue weighted by atomic mass is 9.82. The SMILES string of the molecule is CC(C)(CNC(=O)CN1C(=O)NC2(CCCCC2)C1=O)c1ccc(Cl)c(Cl)c1. The van der Waals surface area contributed by atoms with Crippen LogP contribution in [0, 0.1) is 0 Å². The van der Waals surface area contributed by atoms with Gasteiger partial charge in [-0.25, -0.2) is 4.79 Å². The first-order valence-electron chi connectivity index (χ1n) is 9.51. The number of nitrogens with one attached hydrogen (secondary N) is 2. The third-order valence-electron chi connectivity index (χ3n) is 5.68. The fraction of sp³-hybridized carbons (Fsp3) is 0.550. The van der Waals surface area contributed by atoms with Crippen molar-refractivity contribution in [1.82, 2.24) is 15.5 Å². The Morgan fingerprint density at radius 2 is 1.86 bits per heavy atom. The van der Waals surface area contributed by atoms with E-state index in [1.165, 1.54) is 0 Å². The van der Waals surface area contributed by atoms with E-state index in [4.69, 9.17) is 23.2 Å². The number of amides is 4. The smallest absolute Gasteiger partial charge is 0.325 e. The highest BCUT2D eigenvalue weighted by Crippen LogP contribution is 2.33. The molecule has 0 unspecified atom stereocenters. The third-order valence-corrected chi connectivity index (χ3v) is 6.42. The zero-order valence-electron chi connectivity index (χ0n) is 16.1. The summed E-state index contributed by atoms with van der Waals surface area (Å²) >= 11 is 12.1. The molecule has 1 aromatic rings. The second kappa shape index (κ2) is 7.91. The van der Waals surface area contributed by atoms with E-state index in [-0.39, 0.29) is 18.4 Å². The van der Waals surface area contributed by atoms with Crippen molar-refractivity contribution in [3.8, 4) is 0 Å². The summed E-state index contributed by atoms with van der Waals surface area (Å²) in [5.74, 6) is -0.652. The molecule has 1 saturated carbocycles. The van der Waals surface area contributed by atoms with Gasteiger partial charge in [0.15, 0.2) is 0 Å². The van der Waals surface area contributed by atoms with Gasteiger partial charge in [-0.3, -0.25) is 14.5 Å². The van der Waals surface area contributed by atoms with Gasteiger partial charge < -0.3 is 10.6 Å². The molecule has 1 aliphatic carbocycles. The molecular weight excluding hydrogens is 401 g/mol. The number of rotatable bonds is 5. The van der Waals surface area contributed by atoms with Crippen molar-refractivity contribution in [3.63, 3.8) is 0 Å². The summed E-state index contributed by atoms with van der Waals surface area (Å²) in [6.07, 6.45) is 4.16. The van der Waals surface area contributed by atoms with Crippen LogP contribution in [0.4, 0.5) is 4.79 Å². The normalized spacial score (nSPS) is 19.1. The second-order valence-corrected chi connectivity index (χ2v) is 9.07. The van der Waals surface area contributed by atoms with E-state index in [0.717, 1.165) is 29.7 Å². The van der Waals surface area contributed by atoms with Crippen LogP contribution in [0.5, 0.6) is 0 Å². The first-order chi connectivity index (χ1) is 13.1. The maximum absolute atomic E-state index is 12.8. The molecular formula is C20H25Cl2N3O3. The van der Waals surface area contributed by atoms with Crippen LogP contribution in [-0.4, -0.2) is 41.4 Å². The Morgan fingerprint density at radius 3 is 2.50 bits per heavy atom. The van der Waals surface area contributed by atoms with E-state index >= 15 is 0 Å². The van der Waals surface area contributed by atoms with Gasteiger partial charge in [0.1, 0.15) is 12.1 Å². The van der Waals surface area contributed by atoms with Crippen molar-refractivity contribution < 1.29 is 14.4 Å². The third kappa shape index (κ3) is 4.13. The number of carbonyl (C=O) groups is 3. The lowest BCUT2D eigenvalue weighted by molar-refractivity contribution is -0.135. The summed E-state index contributed by atoms with van der Waals surface area (Å²) in [7, 11) is 0. The topological polar surface area (TPSA) is 78.5 Å². The molecule has 6 nitrogen and oxygen atoms in total. The molecule has 2 N–H and O–H groups in total. The highest BCUT2D eigenvalue weighted by molar-refractivity contribution is 6.42. The Morgan fingerprint density at radius 1 is 1.18 bits per heavy atom. The van der Waals surface area contributed by atoms with Crippen LogP contribution in [0.3, 0.4) is 0 Å². The van der Waals surface area contributed by atoms with Crippen molar-refractivity contribution in [1.29, 1.82) is 0 Å². The molecule has 0 radical (unpaired) electrons. The van der Waals surface area contributed by atoms with Crippen molar-refractivity contribution >= 4 is 41.0 Å². The predicted molar refractivity (Wildman–Crippen MR) is 109 cm³/mol. The van der Waals surface area contributed by atoms with Crippen molar-refractivity contribution in [2.45, 2.75) is 56.9 Å². The number of imide groups is 1. The van der Waals surface area contributed by atoms with Crippen LogP contribution in [-0.2, 0) is 15.0 Å². The summed E-state index contributed by atoms with van der Waals surface area (Å²) in [5, 5.41) is 6.57. The summed E-state index contributed by atoms with van der Waals surface area (Å²) < 4.78 is 0. The summed E-state index contributed by atoms with van der Waals surface area (Å²) in [6, 6.07) is 4.88. The molecule has 2 fully saturated rings. The van der Waals surface area contributed by atoms with Crippen molar-refractivity contribution in [2.75, 3.05) is 13.1 Å². The van der Waals surface area contributed by atoms with Gasteiger partial charge in [-0.1, -0.05) is 62.4 Å². The molecule has 3 rings (SSSR count). The van der Waals surface area contributed by atoms with Crippen molar-refractivity contribution in [3.05, 3.63) is 33.8 Å². The number of hydrogen-bond acceptors (Lipinski definition) is 3. The highest BCUT2D eigenvalue weighted by Gasteiger charge is 2.51. The number of urea groups is 1. The summed E-state index contributed by atoms with van der Waals surface area (Å²) in [4.78, 5) is 38.5. The molecule has 1 heterocycles. The Hall–Kier alpha value is -1.79. The van der Waals surface area contributed by atoms with Gasteiger partial charge in [-0.15, -0.1) is 0 Å². The average Bonchev–Trinajstić information content (AvgIpc) is 2.87. The van der Waals surface area contributed by atoms with Gasteiger partial charge in [0, 0.05) is 12.0 Å². The van der Waals surface area contributed by atoms with Crippen LogP contribution in [0.2, 0.25) is 10.0 Å². The van der Waals surface area contributed by atoms with Gasteiger partial charge in [0.05, 0.1) is 10.0 Å². The van der Waals surface area contributed by atoms with Gasteiger partial charge in [-0.05, 0) is 30.5 Å². The molecule has 2 aliphatic rings. The van der Waals surface area contributed by atoms with E-state index < -0.39 is 17.0 Å². The summed E-state index contributed by atoms with van der Waals surface area (Å²) in [6.45, 7) is 4.00. The Bertz CT molecular complexity index is 804. The lowest BCUT2D eigenvalue weighted by Crippen LogP contribution is -2.49. The van der Waals surface area contributed by atoms with E-state index in [0.29, 0.717) is 29.4 Å². The second-order valence-electron chi connectivity index (χ2n) is 8.25. The maximum Gasteiger partial charge on any atom is 0.325 e. The Labute approximate surface area is 174 Å². The molecule has 1 aliphatic heterocycles. The van der Waals surface area contributed by atoms with E-state index in [1.807, 2.05) is 19.9 Å². The minimum atomic E-state index is -0.811. The van der Waals surface area contributed by atoms with E-state index in [9.17, 15) is 14.4 Å². The molecule has 28 heavy (non-hydrogen) atoms. The molecule has 4 amide bonds. The minimum absolute atomic E-state index is 0.274. The number of nitrogens with zero attached hydrogens (tertiary/aromatic N) is 1. The number of halogens is 2. The zero-order chi connectivity index (χ0) is 20.5. The largest absolute Gasteiger partial charge is 0.354 e. The fourth-order valence-electron chi connectivity index (χ4n) is 3.85. The monoisotopic (exact) mass is 425 g/mol. The summed E-state index contributed by atoms with van der Waals surface area (Å²) in [5.41, 5.74) is -0.279. The standard InChI is InChI=1S/C20H25Cl2N3O3/c1-19(2,13-6-7-14(21)15(22)10-13)12-23-16(26)11-25-17(27)20(24-18(25)28)8-4-3-5-9-20/h6-7,10H,3-5,8-9,11-12H2,1-2H3,(H,23,26)(H,24,28). The molecule has 8 heteroatoms. The van der Waals surface area contributed by atoms with Gasteiger partial charge in [-0.2, -0.15) is 0 Å². The first kappa shape index (κ1) is 20.9. The van der Waals surface area contributed by atoms with Crippen LogP contribution in [0.15, 0.2) is 18.2 Å². The first-order valence-corrected chi connectivity index (χ1v) is 10.3. The van der Waals surface area contributed by atoms with Crippen LogP contribution in [0.1, 0.15) is 51.5 Å². The highest BCUT2D eigenvalue weighted by atomic mass is 35.5. The van der Waals surface area contributed by atoms with Gasteiger partial charge in [0.25, 0.3) is 5.91 Å². The van der Waals surface area contributed by atoms with Crippen LogP contribution >= 0.6 is 23.2 Å². The quantitative estimate of drug-likeness (QED) is 0.706. The van der Waals surface area contributed by atoms with E-state index in [2.05, 4.69) is 10.6 Å². The van der Waals surface area contributed by atoms with Gasteiger partial charge >= 0.3 is 6.03 Å². The molecule has 0 aromatic heterocycles. The maximum atomic E-state index is 12.8. The fourth-order valence-corrected chi connectivity index (χ4v) is 4.15. The Kier molecular flexibility index (Phi) is 5.92. The predicted octanol–water partition coefficient (Wildman–Crippen LogP) is 3.64. The number of carbonyl (C=O) groups excluding carboxylic acids is 3. The molecule has 152 valence electrons. The molecule has 1 aromatic carbocycles.